The van der Waals surface area contributed by atoms with Crippen molar-refractivity contribution < 1.29 is 4.79 Å². The molecular formula is C17H24O. The molecule has 98 valence electrons. The van der Waals surface area contributed by atoms with E-state index in [1.165, 1.54) is 12.0 Å². The first kappa shape index (κ1) is 13.3. The van der Waals surface area contributed by atoms with Crippen molar-refractivity contribution in [3.63, 3.8) is 0 Å². The standard InChI is InChI=1S/C17H24O/c1-11-9-14(17(3,4)5)10-12(2)15(11)16(18)13-7-6-8-13/h9-10,13H,6-8H2,1-5H3. The Kier molecular flexibility index (Phi) is 3.35. The summed E-state index contributed by atoms with van der Waals surface area (Å²) in [7, 11) is 0. The minimum absolute atomic E-state index is 0.146. The van der Waals surface area contributed by atoms with Gasteiger partial charge in [0.2, 0.25) is 0 Å². The first-order valence-electron chi connectivity index (χ1n) is 6.96. The maximum absolute atomic E-state index is 12.4. The molecule has 1 saturated carbocycles. The number of Topliss-reactive ketones (excluding diaryl/α,β-unsaturated/α-hetero) is 1. The summed E-state index contributed by atoms with van der Waals surface area (Å²) in [6.07, 6.45) is 3.38. The SMILES string of the molecule is Cc1cc(C(C)(C)C)cc(C)c1C(=O)C1CCC1. The smallest absolute Gasteiger partial charge is 0.166 e. The number of aryl methyl sites for hydroxylation is 2. The summed E-state index contributed by atoms with van der Waals surface area (Å²) in [5, 5.41) is 0. The molecule has 1 fully saturated rings. The van der Waals surface area contributed by atoms with Crippen LogP contribution in [0.25, 0.3) is 0 Å². The van der Waals surface area contributed by atoms with Crippen LogP contribution < -0.4 is 0 Å². The molecule has 0 unspecified atom stereocenters. The summed E-state index contributed by atoms with van der Waals surface area (Å²) in [6, 6.07) is 4.39. The van der Waals surface area contributed by atoms with Gasteiger partial charge in [0.25, 0.3) is 0 Å². The van der Waals surface area contributed by atoms with Gasteiger partial charge in [-0.05, 0) is 48.8 Å². The Bertz CT molecular complexity index is 450. The van der Waals surface area contributed by atoms with Crippen molar-refractivity contribution in [3.8, 4) is 0 Å². The Hall–Kier alpha value is -1.11. The molecule has 1 aromatic rings. The van der Waals surface area contributed by atoms with Gasteiger partial charge in [0.15, 0.2) is 5.78 Å². The first-order chi connectivity index (χ1) is 8.30. The minimum atomic E-state index is 0.146. The molecule has 0 radical (unpaired) electrons. The third-order valence-electron chi connectivity index (χ3n) is 4.12. The lowest BCUT2D eigenvalue weighted by atomic mass is 9.76. The van der Waals surface area contributed by atoms with Crippen molar-refractivity contribution in [2.24, 2.45) is 5.92 Å². The van der Waals surface area contributed by atoms with Crippen LogP contribution in [0, 0.1) is 19.8 Å². The largest absolute Gasteiger partial charge is 0.294 e. The lowest BCUT2D eigenvalue weighted by Gasteiger charge is -2.27. The fraction of sp³-hybridized carbons (Fsp3) is 0.588. The van der Waals surface area contributed by atoms with Crippen LogP contribution >= 0.6 is 0 Å². The zero-order valence-electron chi connectivity index (χ0n) is 12.3. The van der Waals surface area contributed by atoms with Crippen molar-refractivity contribution in [1.29, 1.82) is 0 Å². The van der Waals surface area contributed by atoms with Gasteiger partial charge in [0.1, 0.15) is 0 Å². The second kappa shape index (κ2) is 4.53. The molecule has 1 aliphatic rings. The van der Waals surface area contributed by atoms with Crippen molar-refractivity contribution in [3.05, 3.63) is 34.4 Å². The third kappa shape index (κ3) is 2.36. The maximum atomic E-state index is 12.4. The quantitative estimate of drug-likeness (QED) is 0.696. The number of ketones is 1. The fourth-order valence-corrected chi connectivity index (χ4v) is 2.66. The Morgan fingerprint density at radius 2 is 1.61 bits per heavy atom. The molecule has 1 heteroatoms. The van der Waals surface area contributed by atoms with E-state index in [2.05, 4.69) is 46.8 Å². The van der Waals surface area contributed by atoms with Crippen LogP contribution in [0.1, 0.15) is 67.1 Å². The highest BCUT2D eigenvalue weighted by Gasteiger charge is 2.28. The topological polar surface area (TPSA) is 17.1 Å². The van der Waals surface area contributed by atoms with E-state index in [4.69, 9.17) is 0 Å². The number of hydrogen-bond donors (Lipinski definition) is 0. The van der Waals surface area contributed by atoms with Gasteiger partial charge >= 0.3 is 0 Å². The van der Waals surface area contributed by atoms with Crippen LogP contribution in [-0.2, 0) is 5.41 Å². The van der Waals surface area contributed by atoms with E-state index < -0.39 is 0 Å². The van der Waals surface area contributed by atoms with Gasteiger partial charge in [-0.15, -0.1) is 0 Å². The summed E-state index contributed by atoms with van der Waals surface area (Å²) in [5.41, 5.74) is 4.75. The predicted molar refractivity (Wildman–Crippen MR) is 76.3 cm³/mol. The van der Waals surface area contributed by atoms with Crippen LogP contribution in [-0.4, -0.2) is 5.78 Å². The number of carbonyl (C=O) groups excluding carboxylic acids is 1. The molecule has 0 aromatic heterocycles. The van der Waals surface area contributed by atoms with Crippen molar-refractivity contribution in [2.75, 3.05) is 0 Å². The van der Waals surface area contributed by atoms with Gasteiger partial charge in [-0.25, -0.2) is 0 Å². The molecule has 0 heterocycles. The van der Waals surface area contributed by atoms with Gasteiger partial charge in [-0.2, -0.15) is 0 Å². The molecule has 1 aromatic carbocycles. The Labute approximate surface area is 111 Å². The summed E-state index contributed by atoms with van der Waals surface area (Å²) in [5.74, 6) is 0.666. The van der Waals surface area contributed by atoms with Crippen LogP contribution in [0.5, 0.6) is 0 Å². The van der Waals surface area contributed by atoms with E-state index in [-0.39, 0.29) is 5.41 Å². The number of benzene rings is 1. The molecule has 0 spiro atoms. The average molecular weight is 244 g/mol. The average Bonchev–Trinajstić information content (AvgIpc) is 2.11. The Balaban J connectivity index is 2.41. The van der Waals surface area contributed by atoms with Gasteiger partial charge < -0.3 is 0 Å². The van der Waals surface area contributed by atoms with E-state index in [1.807, 2.05) is 0 Å². The zero-order valence-corrected chi connectivity index (χ0v) is 12.3. The summed E-state index contributed by atoms with van der Waals surface area (Å²) < 4.78 is 0. The van der Waals surface area contributed by atoms with Crippen molar-refractivity contribution >= 4 is 5.78 Å². The Morgan fingerprint density at radius 3 is 1.94 bits per heavy atom. The molecule has 0 aliphatic heterocycles. The normalized spacial score (nSPS) is 16.5. The molecule has 0 amide bonds. The van der Waals surface area contributed by atoms with E-state index >= 15 is 0 Å². The maximum Gasteiger partial charge on any atom is 0.166 e. The van der Waals surface area contributed by atoms with Crippen molar-refractivity contribution in [2.45, 2.75) is 59.3 Å². The number of carbonyl (C=O) groups is 1. The van der Waals surface area contributed by atoms with E-state index in [0.717, 1.165) is 29.5 Å². The highest BCUT2D eigenvalue weighted by atomic mass is 16.1. The molecule has 1 nitrogen and oxygen atoms in total. The molecule has 0 saturated heterocycles. The first-order valence-corrected chi connectivity index (χ1v) is 6.96. The number of hydrogen-bond acceptors (Lipinski definition) is 1. The van der Waals surface area contributed by atoms with Crippen LogP contribution in [0.3, 0.4) is 0 Å². The van der Waals surface area contributed by atoms with Crippen molar-refractivity contribution in [1.82, 2.24) is 0 Å². The van der Waals surface area contributed by atoms with Gasteiger partial charge in [0.05, 0.1) is 0 Å². The van der Waals surface area contributed by atoms with Crippen LogP contribution in [0.4, 0.5) is 0 Å². The minimum Gasteiger partial charge on any atom is -0.294 e. The second-order valence-electron chi connectivity index (χ2n) is 6.73. The molecule has 0 atom stereocenters. The summed E-state index contributed by atoms with van der Waals surface area (Å²) in [6.45, 7) is 10.8. The molecule has 1 aliphatic carbocycles. The molecule has 0 bridgehead atoms. The van der Waals surface area contributed by atoms with Crippen LogP contribution in [0.15, 0.2) is 12.1 Å². The summed E-state index contributed by atoms with van der Waals surface area (Å²) in [4.78, 5) is 12.4. The van der Waals surface area contributed by atoms with E-state index in [0.29, 0.717) is 11.7 Å². The third-order valence-corrected chi connectivity index (χ3v) is 4.12. The molecule has 2 rings (SSSR count). The lowest BCUT2D eigenvalue weighted by molar-refractivity contribution is 0.0854. The highest BCUT2D eigenvalue weighted by molar-refractivity contribution is 6.00. The van der Waals surface area contributed by atoms with E-state index in [9.17, 15) is 4.79 Å². The molecular weight excluding hydrogens is 220 g/mol. The fourth-order valence-electron chi connectivity index (χ4n) is 2.66. The Morgan fingerprint density at radius 1 is 1.11 bits per heavy atom. The monoisotopic (exact) mass is 244 g/mol. The molecule has 0 N–H and O–H groups in total. The second-order valence-corrected chi connectivity index (χ2v) is 6.73. The van der Waals surface area contributed by atoms with Gasteiger partial charge in [-0.1, -0.05) is 39.3 Å². The lowest BCUT2D eigenvalue weighted by Crippen LogP contribution is -2.24. The summed E-state index contributed by atoms with van der Waals surface area (Å²) >= 11 is 0. The van der Waals surface area contributed by atoms with Gasteiger partial charge in [0, 0.05) is 11.5 Å². The van der Waals surface area contributed by atoms with E-state index in [1.54, 1.807) is 0 Å². The van der Waals surface area contributed by atoms with Gasteiger partial charge in [-0.3, -0.25) is 4.79 Å². The highest BCUT2D eigenvalue weighted by Crippen LogP contribution is 2.33. The molecule has 18 heavy (non-hydrogen) atoms. The van der Waals surface area contributed by atoms with Crippen LogP contribution in [0.2, 0.25) is 0 Å². The number of rotatable bonds is 2. The zero-order chi connectivity index (χ0) is 13.5. The predicted octanol–water partition coefficient (Wildman–Crippen LogP) is 4.58.